The zero-order chi connectivity index (χ0) is 20.8. The molecule has 0 radical (unpaired) electrons. The van der Waals surface area contributed by atoms with Crippen molar-refractivity contribution < 1.29 is 14.3 Å². The summed E-state index contributed by atoms with van der Waals surface area (Å²) in [6.45, 7) is 12.9. The van der Waals surface area contributed by atoms with E-state index in [1.54, 1.807) is 15.6 Å². The molecule has 1 unspecified atom stereocenters. The number of aromatic nitrogens is 2. The minimum Gasteiger partial charge on any atom is -0.447 e. The Balaban J connectivity index is 2.12. The Bertz CT molecular complexity index is 912. The zero-order valence-corrected chi connectivity index (χ0v) is 17.3. The monoisotopic (exact) mass is 387 g/mol. The van der Waals surface area contributed by atoms with Crippen molar-refractivity contribution in [2.24, 2.45) is 17.1 Å². The van der Waals surface area contributed by atoms with E-state index in [4.69, 9.17) is 10.5 Å². The topological polar surface area (TPSA) is 102 Å². The molecular formula is C20H29N5O3. The van der Waals surface area contributed by atoms with Gasteiger partial charge >= 0.3 is 6.09 Å². The lowest BCUT2D eigenvalue weighted by Gasteiger charge is -2.29. The van der Waals surface area contributed by atoms with Gasteiger partial charge in [0, 0.05) is 6.04 Å². The minimum atomic E-state index is -0.554. The fraction of sp³-hybridized carbons (Fsp3) is 0.550. The van der Waals surface area contributed by atoms with E-state index in [2.05, 4.69) is 52.0 Å². The highest BCUT2D eigenvalue weighted by Crippen LogP contribution is 2.33. The molecule has 1 aliphatic rings. The molecule has 2 aromatic heterocycles. The molecule has 0 bridgehead atoms. The number of hydrogen-bond acceptors (Lipinski definition) is 5. The third-order valence-corrected chi connectivity index (χ3v) is 5.50. The van der Waals surface area contributed by atoms with Gasteiger partial charge in [0.1, 0.15) is 6.61 Å². The molecule has 3 N–H and O–H groups in total. The summed E-state index contributed by atoms with van der Waals surface area (Å²) in [4.78, 5) is 26.0. The molecule has 2 atom stereocenters. The van der Waals surface area contributed by atoms with Crippen LogP contribution < -0.4 is 16.0 Å². The number of primary amides is 1. The number of cyclic esters (lactones) is 1. The van der Waals surface area contributed by atoms with Gasteiger partial charge in [-0.1, -0.05) is 34.6 Å². The molecule has 1 saturated heterocycles. The van der Waals surface area contributed by atoms with E-state index in [-0.39, 0.29) is 29.5 Å². The number of ether oxygens (including phenoxy) is 1. The van der Waals surface area contributed by atoms with Gasteiger partial charge in [-0.05, 0) is 24.3 Å². The summed E-state index contributed by atoms with van der Waals surface area (Å²) in [5.74, 6) is -0.316. The van der Waals surface area contributed by atoms with Crippen LogP contribution in [0, 0.1) is 11.3 Å². The lowest BCUT2D eigenvalue weighted by molar-refractivity contribution is 0.100. The average Bonchev–Trinajstić information content (AvgIpc) is 3.16. The van der Waals surface area contributed by atoms with Crippen LogP contribution >= 0.6 is 0 Å². The highest BCUT2D eigenvalue weighted by Gasteiger charge is 2.37. The quantitative estimate of drug-likeness (QED) is 0.820. The summed E-state index contributed by atoms with van der Waals surface area (Å²) in [7, 11) is 0. The van der Waals surface area contributed by atoms with Crippen molar-refractivity contribution in [2.75, 3.05) is 16.8 Å². The number of nitrogens with zero attached hydrogens (tertiary/aromatic N) is 3. The molecule has 152 valence electrons. The van der Waals surface area contributed by atoms with Crippen LogP contribution in [-0.2, 0) is 4.74 Å². The number of rotatable bonds is 5. The highest BCUT2D eigenvalue weighted by atomic mass is 16.6. The Morgan fingerprint density at radius 1 is 1.36 bits per heavy atom. The molecule has 28 heavy (non-hydrogen) atoms. The van der Waals surface area contributed by atoms with Crippen LogP contribution in [0.2, 0.25) is 0 Å². The Hall–Kier alpha value is -2.77. The van der Waals surface area contributed by atoms with Gasteiger partial charge in [0.15, 0.2) is 0 Å². The van der Waals surface area contributed by atoms with E-state index < -0.39 is 5.91 Å². The second kappa shape index (κ2) is 7.00. The van der Waals surface area contributed by atoms with E-state index in [0.717, 1.165) is 0 Å². The first-order valence-electron chi connectivity index (χ1n) is 9.54. The number of hydrogen-bond donors (Lipinski definition) is 2. The predicted molar refractivity (Wildman–Crippen MR) is 109 cm³/mol. The van der Waals surface area contributed by atoms with Crippen LogP contribution in [0.5, 0.6) is 0 Å². The first-order chi connectivity index (χ1) is 13.0. The number of fused-ring (bicyclic) bond motifs is 1. The average molecular weight is 387 g/mol. The third-order valence-electron chi connectivity index (χ3n) is 5.50. The van der Waals surface area contributed by atoms with Gasteiger partial charge in [-0.2, -0.15) is 5.10 Å². The van der Waals surface area contributed by atoms with Gasteiger partial charge in [-0.25, -0.2) is 9.31 Å². The summed E-state index contributed by atoms with van der Waals surface area (Å²) in [5, 5.41) is 7.74. The number of nitrogens with two attached hydrogens (primary N) is 1. The van der Waals surface area contributed by atoms with Gasteiger partial charge < -0.3 is 15.8 Å². The maximum Gasteiger partial charge on any atom is 0.414 e. The van der Waals surface area contributed by atoms with E-state index in [0.29, 0.717) is 29.1 Å². The molecule has 1 aliphatic heterocycles. The molecule has 2 amide bonds. The Morgan fingerprint density at radius 3 is 2.61 bits per heavy atom. The van der Waals surface area contributed by atoms with Crippen molar-refractivity contribution in [1.29, 1.82) is 0 Å². The van der Waals surface area contributed by atoms with Crippen molar-refractivity contribution in [2.45, 2.75) is 53.6 Å². The van der Waals surface area contributed by atoms with Crippen LogP contribution in [0.25, 0.3) is 5.52 Å². The molecule has 3 rings (SSSR count). The fourth-order valence-corrected chi connectivity index (χ4v) is 3.17. The van der Waals surface area contributed by atoms with E-state index >= 15 is 0 Å². The van der Waals surface area contributed by atoms with E-state index in [1.165, 1.54) is 6.20 Å². The molecule has 0 aromatic carbocycles. The molecule has 0 spiro atoms. The first-order valence-corrected chi connectivity index (χ1v) is 9.54. The van der Waals surface area contributed by atoms with Crippen LogP contribution in [0.1, 0.15) is 51.9 Å². The summed E-state index contributed by atoms with van der Waals surface area (Å²) in [5.41, 5.74) is 7.85. The Morgan fingerprint density at radius 2 is 2.04 bits per heavy atom. The number of anilines is 2. The van der Waals surface area contributed by atoms with Crippen LogP contribution in [0.3, 0.4) is 0 Å². The molecule has 3 heterocycles. The normalized spacial score (nSPS) is 18.6. The smallest absolute Gasteiger partial charge is 0.414 e. The van der Waals surface area contributed by atoms with Crippen molar-refractivity contribution in [1.82, 2.24) is 9.61 Å². The number of carbonyl (C=O) groups excluding carboxylic acids is 2. The lowest BCUT2D eigenvalue weighted by atomic mass is 9.88. The Labute approximate surface area is 165 Å². The van der Waals surface area contributed by atoms with Gasteiger partial charge in [-0.3, -0.25) is 9.69 Å². The second-order valence-electron chi connectivity index (χ2n) is 8.82. The van der Waals surface area contributed by atoms with Crippen LogP contribution in [0.4, 0.5) is 16.2 Å². The molecule has 8 nitrogen and oxygen atoms in total. The van der Waals surface area contributed by atoms with Gasteiger partial charge in [0.25, 0.3) is 5.91 Å². The van der Waals surface area contributed by atoms with Crippen molar-refractivity contribution in [3.63, 3.8) is 0 Å². The van der Waals surface area contributed by atoms with E-state index in [1.807, 2.05) is 6.07 Å². The van der Waals surface area contributed by atoms with Crippen LogP contribution in [-0.4, -0.2) is 40.3 Å². The Kier molecular flexibility index (Phi) is 4.99. The second-order valence-corrected chi connectivity index (χ2v) is 8.82. The fourth-order valence-electron chi connectivity index (χ4n) is 3.17. The molecular weight excluding hydrogens is 358 g/mol. The summed E-state index contributed by atoms with van der Waals surface area (Å²) >= 11 is 0. The number of carbonyl (C=O) groups is 2. The van der Waals surface area contributed by atoms with Gasteiger partial charge in [0.05, 0.1) is 40.9 Å². The van der Waals surface area contributed by atoms with Gasteiger partial charge in [0.2, 0.25) is 0 Å². The van der Waals surface area contributed by atoms with Crippen molar-refractivity contribution >= 4 is 28.9 Å². The first kappa shape index (κ1) is 20.0. The molecule has 2 aromatic rings. The standard InChI is InChI=1S/C20H29N5O3/c1-11(2)16-10-28-19(27)25(16)13-7-15-17(23-12(3)20(4,5)6)14(18(21)26)8-22-24(15)9-13/h7-9,11-12,16,23H,10H2,1-6H3,(H2,21,26)/t12-,16?/m1/s1. The number of amides is 2. The zero-order valence-electron chi connectivity index (χ0n) is 17.3. The SMILES string of the molecule is CC(C)C1COC(=O)N1c1cc2c(N[C@H](C)C(C)(C)C)c(C(N)=O)cnn2c1. The maximum absolute atomic E-state index is 12.3. The lowest BCUT2D eigenvalue weighted by Crippen LogP contribution is -2.36. The van der Waals surface area contributed by atoms with Crippen molar-refractivity contribution in [3.8, 4) is 0 Å². The largest absolute Gasteiger partial charge is 0.447 e. The minimum absolute atomic E-state index is 0.0356. The molecule has 0 aliphatic carbocycles. The van der Waals surface area contributed by atoms with E-state index in [9.17, 15) is 9.59 Å². The third kappa shape index (κ3) is 3.50. The highest BCUT2D eigenvalue weighted by molar-refractivity contribution is 6.03. The number of nitrogens with one attached hydrogen (secondary N) is 1. The summed E-state index contributed by atoms with van der Waals surface area (Å²) < 4.78 is 6.91. The summed E-state index contributed by atoms with van der Waals surface area (Å²) in [6.07, 6.45) is 2.86. The maximum atomic E-state index is 12.3. The summed E-state index contributed by atoms with van der Waals surface area (Å²) in [6, 6.07) is 1.86. The van der Waals surface area contributed by atoms with Crippen molar-refractivity contribution in [3.05, 3.63) is 24.0 Å². The predicted octanol–water partition coefficient (Wildman–Crippen LogP) is 3.26. The van der Waals surface area contributed by atoms with Gasteiger partial charge in [-0.15, -0.1) is 0 Å². The molecule has 1 fully saturated rings. The van der Waals surface area contributed by atoms with Crippen LogP contribution in [0.15, 0.2) is 18.5 Å². The molecule has 8 heteroatoms. The molecule has 0 saturated carbocycles.